The lowest BCUT2D eigenvalue weighted by Crippen LogP contribution is -2.19. The van der Waals surface area contributed by atoms with Crippen molar-refractivity contribution in [2.24, 2.45) is 5.73 Å². The average Bonchev–Trinajstić information content (AvgIpc) is 2.52. The molecule has 3 nitrogen and oxygen atoms in total. The van der Waals surface area contributed by atoms with Crippen molar-refractivity contribution in [3.05, 3.63) is 59.9 Å². The van der Waals surface area contributed by atoms with Crippen LogP contribution in [0.2, 0.25) is 0 Å². The lowest BCUT2D eigenvalue weighted by molar-refractivity contribution is 0.277. The Morgan fingerprint density at radius 1 is 1.05 bits per heavy atom. The molecule has 0 saturated carbocycles. The molecule has 2 N–H and O–H groups in total. The summed E-state index contributed by atoms with van der Waals surface area (Å²) in [6.07, 6.45) is 0.970. The summed E-state index contributed by atoms with van der Waals surface area (Å²) < 4.78 is 24.4. The van der Waals surface area contributed by atoms with E-state index < -0.39 is 0 Å². The first-order chi connectivity index (χ1) is 10.2. The van der Waals surface area contributed by atoms with Crippen LogP contribution >= 0.6 is 0 Å². The quantitative estimate of drug-likeness (QED) is 0.845. The number of ether oxygens (including phenoxy) is 2. The third-order valence-corrected chi connectivity index (χ3v) is 3.04. The molecule has 0 fully saturated rings. The molecule has 0 heterocycles. The van der Waals surface area contributed by atoms with Gasteiger partial charge in [0.2, 0.25) is 0 Å². The zero-order valence-corrected chi connectivity index (χ0v) is 12.1. The molecular formula is C17H20FNO2. The molecule has 2 aromatic carbocycles. The largest absolute Gasteiger partial charge is 0.494 e. The van der Waals surface area contributed by atoms with Crippen LogP contribution in [0.4, 0.5) is 4.39 Å². The van der Waals surface area contributed by atoms with Gasteiger partial charge in [-0.2, -0.15) is 0 Å². The third kappa shape index (κ3) is 4.46. The first kappa shape index (κ1) is 15.3. The van der Waals surface area contributed by atoms with Gasteiger partial charge in [-0.3, -0.25) is 0 Å². The maximum atomic E-state index is 13.4. The smallest absolute Gasteiger partial charge is 0.165 e. The molecule has 0 bridgehead atoms. The van der Waals surface area contributed by atoms with Gasteiger partial charge in [0.05, 0.1) is 12.6 Å². The fraction of sp³-hybridized carbons (Fsp3) is 0.294. The number of nitrogens with two attached hydrogens (primary N) is 1. The summed E-state index contributed by atoms with van der Waals surface area (Å²) >= 11 is 0. The molecule has 1 unspecified atom stereocenters. The van der Waals surface area contributed by atoms with Crippen molar-refractivity contribution in [1.29, 1.82) is 0 Å². The maximum absolute atomic E-state index is 13.4. The van der Waals surface area contributed by atoms with Crippen LogP contribution < -0.4 is 15.2 Å². The summed E-state index contributed by atoms with van der Waals surface area (Å²) in [7, 11) is 0. The third-order valence-electron chi connectivity index (χ3n) is 3.04. The molecule has 0 radical (unpaired) electrons. The summed E-state index contributed by atoms with van der Waals surface area (Å²) in [6.45, 7) is 2.97. The van der Waals surface area contributed by atoms with Gasteiger partial charge in [0.25, 0.3) is 0 Å². The van der Waals surface area contributed by atoms with E-state index in [0.29, 0.717) is 6.61 Å². The highest BCUT2D eigenvalue weighted by molar-refractivity contribution is 5.29. The minimum atomic E-state index is -0.381. The highest BCUT2D eigenvalue weighted by Crippen LogP contribution is 2.20. The Balaban J connectivity index is 1.91. The standard InChI is InChI=1S/C17H20FNO2/c1-2-11-20-14-9-7-13(8-10-14)16(19)12-21-17-6-4-3-5-15(17)18/h3-10,16H,2,11-12,19H2,1H3. The number of rotatable bonds is 7. The first-order valence-corrected chi connectivity index (χ1v) is 7.06. The molecule has 2 aromatic rings. The van der Waals surface area contributed by atoms with E-state index in [1.165, 1.54) is 6.07 Å². The van der Waals surface area contributed by atoms with Crippen molar-refractivity contribution in [3.63, 3.8) is 0 Å². The van der Waals surface area contributed by atoms with E-state index in [4.69, 9.17) is 15.2 Å². The number of para-hydroxylation sites is 1. The highest BCUT2D eigenvalue weighted by Gasteiger charge is 2.09. The SMILES string of the molecule is CCCOc1ccc(C(N)COc2ccccc2F)cc1. The van der Waals surface area contributed by atoms with E-state index in [0.717, 1.165) is 17.7 Å². The van der Waals surface area contributed by atoms with E-state index in [1.807, 2.05) is 24.3 Å². The van der Waals surface area contributed by atoms with E-state index in [9.17, 15) is 4.39 Å². The van der Waals surface area contributed by atoms with E-state index in [1.54, 1.807) is 18.2 Å². The summed E-state index contributed by atoms with van der Waals surface area (Å²) in [5, 5.41) is 0. The molecule has 0 aliphatic heterocycles. The predicted molar refractivity (Wildman–Crippen MR) is 81.1 cm³/mol. The Kier molecular flexibility index (Phi) is 5.58. The van der Waals surface area contributed by atoms with Gasteiger partial charge in [-0.1, -0.05) is 31.2 Å². The van der Waals surface area contributed by atoms with E-state index in [2.05, 4.69) is 6.92 Å². The van der Waals surface area contributed by atoms with Crippen LogP contribution in [0.3, 0.4) is 0 Å². The van der Waals surface area contributed by atoms with Crippen molar-refractivity contribution >= 4 is 0 Å². The lowest BCUT2D eigenvalue weighted by Gasteiger charge is -2.14. The molecule has 112 valence electrons. The second-order valence-corrected chi connectivity index (χ2v) is 4.77. The average molecular weight is 289 g/mol. The highest BCUT2D eigenvalue weighted by atomic mass is 19.1. The first-order valence-electron chi connectivity index (χ1n) is 7.06. The maximum Gasteiger partial charge on any atom is 0.165 e. The molecule has 0 spiro atoms. The second kappa shape index (κ2) is 7.64. The molecule has 21 heavy (non-hydrogen) atoms. The molecule has 1 atom stereocenters. The molecule has 4 heteroatoms. The van der Waals surface area contributed by atoms with Gasteiger partial charge in [0, 0.05) is 0 Å². The number of halogens is 1. The Labute approximate surface area is 124 Å². The van der Waals surface area contributed by atoms with Crippen molar-refractivity contribution in [2.45, 2.75) is 19.4 Å². The molecule has 0 aliphatic rings. The Bertz CT molecular complexity index is 557. The minimum absolute atomic E-state index is 0.218. The summed E-state index contributed by atoms with van der Waals surface area (Å²) in [5.41, 5.74) is 6.98. The van der Waals surface area contributed by atoms with Gasteiger partial charge < -0.3 is 15.2 Å². The van der Waals surface area contributed by atoms with Crippen molar-refractivity contribution in [1.82, 2.24) is 0 Å². The normalized spacial score (nSPS) is 12.0. The minimum Gasteiger partial charge on any atom is -0.494 e. The van der Waals surface area contributed by atoms with Gasteiger partial charge in [-0.05, 0) is 36.2 Å². The van der Waals surface area contributed by atoms with Gasteiger partial charge >= 0.3 is 0 Å². The second-order valence-electron chi connectivity index (χ2n) is 4.77. The number of hydrogen-bond acceptors (Lipinski definition) is 3. The van der Waals surface area contributed by atoms with Crippen molar-refractivity contribution < 1.29 is 13.9 Å². The zero-order chi connectivity index (χ0) is 15.1. The molecule has 0 aliphatic carbocycles. The molecule has 0 saturated heterocycles. The van der Waals surface area contributed by atoms with Crippen LogP contribution in [-0.2, 0) is 0 Å². The van der Waals surface area contributed by atoms with Gasteiger partial charge in [0.1, 0.15) is 12.4 Å². The molecular weight excluding hydrogens is 269 g/mol. The van der Waals surface area contributed by atoms with Crippen LogP contribution in [0.1, 0.15) is 24.9 Å². The van der Waals surface area contributed by atoms with Gasteiger partial charge in [-0.25, -0.2) is 4.39 Å². The van der Waals surface area contributed by atoms with Crippen molar-refractivity contribution in [3.8, 4) is 11.5 Å². The van der Waals surface area contributed by atoms with Crippen LogP contribution in [0.15, 0.2) is 48.5 Å². The molecule has 2 rings (SSSR count). The molecule has 0 aromatic heterocycles. The van der Waals surface area contributed by atoms with Gasteiger partial charge in [-0.15, -0.1) is 0 Å². The summed E-state index contributed by atoms with van der Waals surface area (Å²) in [4.78, 5) is 0. The summed E-state index contributed by atoms with van der Waals surface area (Å²) in [6, 6.07) is 13.6. The fourth-order valence-corrected chi connectivity index (χ4v) is 1.87. The number of benzene rings is 2. The lowest BCUT2D eigenvalue weighted by atomic mass is 10.1. The van der Waals surface area contributed by atoms with Crippen LogP contribution in [-0.4, -0.2) is 13.2 Å². The zero-order valence-electron chi connectivity index (χ0n) is 12.1. The Hall–Kier alpha value is -2.07. The summed E-state index contributed by atoms with van der Waals surface area (Å²) in [5.74, 6) is 0.659. The van der Waals surface area contributed by atoms with Gasteiger partial charge in [0.15, 0.2) is 11.6 Å². The van der Waals surface area contributed by atoms with Crippen LogP contribution in [0.25, 0.3) is 0 Å². The fourth-order valence-electron chi connectivity index (χ4n) is 1.87. The molecule has 0 amide bonds. The van der Waals surface area contributed by atoms with E-state index >= 15 is 0 Å². The number of hydrogen-bond donors (Lipinski definition) is 1. The van der Waals surface area contributed by atoms with Crippen LogP contribution in [0, 0.1) is 5.82 Å². The van der Waals surface area contributed by atoms with Crippen LogP contribution in [0.5, 0.6) is 11.5 Å². The Morgan fingerprint density at radius 3 is 2.43 bits per heavy atom. The van der Waals surface area contributed by atoms with E-state index in [-0.39, 0.29) is 24.2 Å². The predicted octanol–water partition coefficient (Wildman–Crippen LogP) is 3.69. The van der Waals surface area contributed by atoms with Crippen molar-refractivity contribution in [2.75, 3.05) is 13.2 Å². The topological polar surface area (TPSA) is 44.5 Å². The monoisotopic (exact) mass is 289 g/mol. The Morgan fingerprint density at radius 2 is 1.76 bits per heavy atom.